The second kappa shape index (κ2) is 7.04. The molecule has 2 unspecified atom stereocenters. The van der Waals surface area contributed by atoms with Crippen molar-refractivity contribution in [1.82, 2.24) is 5.32 Å². The van der Waals surface area contributed by atoms with E-state index in [2.05, 4.69) is 11.9 Å². The highest BCUT2D eigenvalue weighted by Gasteiger charge is 2.20. The molecule has 0 radical (unpaired) electrons. The molecule has 2 atom stereocenters. The van der Waals surface area contributed by atoms with Crippen LogP contribution in [0.15, 0.2) is 12.7 Å². The van der Waals surface area contributed by atoms with E-state index >= 15 is 0 Å². The normalized spacial score (nSPS) is 14.0. The number of carboxylic acids is 1. The van der Waals surface area contributed by atoms with E-state index < -0.39 is 12.0 Å². The second-order valence-corrected chi connectivity index (χ2v) is 3.61. The van der Waals surface area contributed by atoms with Gasteiger partial charge in [-0.15, -0.1) is 6.58 Å². The third kappa shape index (κ3) is 5.20. The highest BCUT2D eigenvalue weighted by atomic mass is 16.4. The molecule has 0 aliphatic heterocycles. The van der Waals surface area contributed by atoms with Gasteiger partial charge in [0.25, 0.3) is 0 Å². The molecule has 2 N–H and O–H groups in total. The van der Waals surface area contributed by atoms with Crippen LogP contribution in [0.4, 0.5) is 0 Å². The molecule has 15 heavy (non-hydrogen) atoms. The molecule has 0 bridgehead atoms. The number of rotatable bonds is 7. The summed E-state index contributed by atoms with van der Waals surface area (Å²) in [5.41, 5.74) is 0. The van der Waals surface area contributed by atoms with Crippen LogP contribution in [-0.2, 0) is 9.59 Å². The lowest BCUT2D eigenvalue weighted by molar-refractivity contribution is -0.142. The Morgan fingerprint density at radius 2 is 2.13 bits per heavy atom. The number of aliphatic carboxylic acids is 1. The summed E-state index contributed by atoms with van der Waals surface area (Å²) in [4.78, 5) is 22.3. The van der Waals surface area contributed by atoms with Crippen LogP contribution in [-0.4, -0.2) is 23.0 Å². The van der Waals surface area contributed by atoms with Crippen LogP contribution in [0.5, 0.6) is 0 Å². The topological polar surface area (TPSA) is 66.4 Å². The van der Waals surface area contributed by atoms with E-state index in [9.17, 15) is 9.59 Å². The van der Waals surface area contributed by atoms with Crippen molar-refractivity contribution >= 4 is 11.9 Å². The Labute approximate surface area is 90.4 Å². The zero-order valence-electron chi connectivity index (χ0n) is 9.32. The number of carbonyl (C=O) groups is 2. The molecular formula is C11H19NO3. The summed E-state index contributed by atoms with van der Waals surface area (Å²) in [5.74, 6) is -1.36. The minimum Gasteiger partial charge on any atom is -0.480 e. The third-order valence-corrected chi connectivity index (χ3v) is 2.19. The molecule has 0 heterocycles. The summed E-state index contributed by atoms with van der Waals surface area (Å²) in [7, 11) is 0. The third-order valence-electron chi connectivity index (χ3n) is 2.19. The first-order valence-electron chi connectivity index (χ1n) is 5.17. The van der Waals surface area contributed by atoms with Crippen molar-refractivity contribution in [2.45, 2.75) is 39.2 Å². The predicted octanol–water partition coefficient (Wildman–Crippen LogP) is 1.57. The van der Waals surface area contributed by atoms with Crippen LogP contribution in [0.1, 0.15) is 33.1 Å². The number of carboxylic acid groups (broad SMARTS) is 1. The molecule has 0 aliphatic rings. The molecule has 0 spiro atoms. The molecule has 0 saturated carbocycles. The summed E-state index contributed by atoms with van der Waals surface area (Å²) in [6.07, 6.45) is 3.42. The molecule has 0 saturated heterocycles. The predicted molar refractivity (Wildman–Crippen MR) is 58.5 cm³/mol. The van der Waals surface area contributed by atoms with E-state index in [1.54, 1.807) is 6.92 Å². The van der Waals surface area contributed by atoms with Gasteiger partial charge in [-0.25, -0.2) is 4.79 Å². The highest BCUT2D eigenvalue weighted by molar-refractivity contribution is 5.84. The number of nitrogens with one attached hydrogen (secondary N) is 1. The molecule has 0 rings (SSSR count). The SMILES string of the molecule is C=CCC(NC(=O)C(C)CCC)C(=O)O. The van der Waals surface area contributed by atoms with Gasteiger partial charge in [0.15, 0.2) is 0 Å². The maximum absolute atomic E-state index is 11.5. The molecule has 0 aromatic heterocycles. The Kier molecular flexibility index (Phi) is 6.42. The first kappa shape index (κ1) is 13.7. The van der Waals surface area contributed by atoms with Gasteiger partial charge in [0.1, 0.15) is 6.04 Å². The molecule has 86 valence electrons. The molecule has 0 fully saturated rings. The Morgan fingerprint density at radius 3 is 2.53 bits per heavy atom. The lowest BCUT2D eigenvalue weighted by Gasteiger charge is -2.16. The van der Waals surface area contributed by atoms with Gasteiger partial charge >= 0.3 is 5.97 Å². The van der Waals surface area contributed by atoms with Crippen molar-refractivity contribution in [3.63, 3.8) is 0 Å². The Bertz CT molecular complexity index is 238. The van der Waals surface area contributed by atoms with Gasteiger partial charge in [-0.3, -0.25) is 4.79 Å². The summed E-state index contributed by atoms with van der Waals surface area (Å²) in [6.45, 7) is 7.24. The van der Waals surface area contributed by atoms with Crippen molar-refractivity contribution in [1.29, 1.82) is 0 Å². The van der Waals surface area contributed by atoms with Crippen molar-refractivity contribution in [3.05, 3.63) is 12.7 Å². The quantitative estimate of drug-likeness (QED) is 0.631. The van der Waals surface area contributed by atoms with E-state index in [4.69, 9.17) is 5.11 Å². The number of hydrogen-bond donors (Lipinski definition) is 2. The van der Waals surface area contributed by atoms with Gasteiger partial charge in [-0.2, -0.15) is 0 Å². The minimum absolute atomic E-state index is 0.137. The lowest BCUT2D eigenvalue weighted by atomic mass is 10.0. The number of amides is 1. The Morgan fingerprint density at radius 1 is 1.53 bits per heavy atom. The molecule has 1 amide bonds. The molecular weight excluding hydrogens is 194 g/mol. The van der Waals surface area contributed by atoms with Crippen molar-refractivity contribution in [2.75, 3.05) is 0 Å². The fourth-order valence-electron chi connectivity index (χ4n) is 1.27. The van der Waals surface area contributed by atoms with Crippen LogP contribution < -0.4 is 5.32 Å². The van der Waals surface area contributed by atoms with Crippen LogP contribution >= 0.6 is 0 Å². The van der Waals surface area contributed by atoms with Crippen LogP contribution in [0.25, 0.3) is 0 Å². The first-order chi connectivity index (χ1) is 7.02. The van der Waals surface area contributed by atoms with Crippen molar-refractivity contribution in [3.8, 4) is 0 Å². The monoisotopic (exact) mass is 213 g/mol. The molecule has 4 heteroatoms. The Hall–Kier alpha value is -1.32. The van der Waals surface area contributed by atoms with Crippen LogP contribution in [0, 0.1) is 5.92 Å². The van der Waals surface area contributed by atoms with Crippen molar-refractivity contribution < 1.29 is 14.7 Å². The van der Waals surface area contributed by atoms with E-state index in [0.29, 0.717) is 0 Å². The van der Waals surface area contributed by atoms with Gasteiger partial charge in [0.2, 0.25) is 5.91 Å². The highest BCUT2D eigenvalue weighted by Crippen LogP contribution is 2.06. The largest absolute Gasteiger partial charge is 0.480 e. The first-order valence-corrected chi connectivity index (χ1v) is 5.17. The summed E-state index contributed by atoms with van der Waals surface area (Å²) < 4.78 is 0. The number of hydrogen-bond acceptors (Lipinski definition) is 2. The zero-order chi connectivity index (χ0) is 11.8. The van der Waals surface area contributed by atoms with E-state index in [0.717, 1.165) is 12.8 Å². The molecule has 0 aliphatic carbocycles. The van der Waals surface area contributed by atoms with Crippen LogP contribution in [0.2, 0.25) is 0 Å². The van der Waals surface area contributed by atoms with E-state index in [-0.39, 0.29) is 18.2 Å². The maximum atomic E-state index is 11.5. The number of carbonyl (C=O) groups excluding carboxylic acids is 1. The minimum atomic E-state index is -1.02. The average Bonchev–Trinajstić information content (AvgIpc) is 2.17. The summed E-state index contributed by atoms with van der Waals surface area (Å²) >= 11 is 0. The molecule has 0 aromatic carbocycles. The summed E-state index contributed by atoms with van der Waals surface area (Å²) in [5, 5.41) is 11.3. The van der Waals surface area contributed by atoms with Gasteiger partial charge < -0.3 is 10.4 Å². The standard InChI is InChI=1S/C11H19NO3/c1-4-6-8(3)10(13)12-9(7-5-2)11(14)15/h5,8-9H,2,4,6-7H2,1,3H3,(H,12,13)(H,14,15). The summed E-state index contributed by atoms with van der Waals surface area (Å²) in [6, 6.07) is -0.852. The Balaban J connectivity index is 4.21. The fourth-order valence-corrected chi connectivity index (χ4v) is 1.27. The van der Waals surface area contributed by atoms with Crippen molar-refractivity contribution in [2.24, 2.45) is 5.92 Å². The maximum Gasteiger partial charge on any atom is 0.326 e. The molecule has 4 nitrogen and oxygen atoms in total. The molecule has 0 aromatic rings. The van der Waals surface area contributed by atoms with E-state index in [1.165, 1.54) is 6.08 Å². The van der Waals surface area contributed by atoms with E-state index in [1.807, 2.05) is 6.92 Å². The van der Waals surface area contributed by atoms with Crippen LogP contribution in [0.3, 0.4) is 0 Å². The lowest BCUT2D eigenvalue weighted by Crippen LogP contribution is -2.42. The fraction of sp³-hybridized carbons (Fsp3) is 0.636. The smallest absolute Gasteiger partial charge is 0.326 e. The second-order valence-electron chi connectivity index (χ2n) is 3.61. The zero-order valence-corrected chi connectivity index (χ0v) is 9.32. The van der Waals surface area contributed by atoms with Gasteiger partial charge in [-0.1, -0.05) is 26.3 Å². The average molecular weight is 213 g/mol. The van der Waals surface area contributed by atoms with Gasteiger partial charge in [0, 0.05) is 5.92 Å². The van der Waals surface area contributed by atoms with Gasteiger partial charge in [0.05, 0.1) is 0 Å². The van der Waals surface area contributed by atoms with Gasteiger partial charge in [-0.05, 0) is 12.8 Å².